The van der Waals surface area contributed by atoms with Gasteiger partial charge in [-0.05, 0) is 57.8 Å². The molecule has 0 saturated heterocycles. The van der Waals surface area contributed by atoms with Crippen molar-refractivity contribution in [2.45, 2.75) is 379 Å². The van der Waals surface area contributed by atoms with Gasteiger partial charge in [0, 0.05) is 12.8 Å². The maximum Gasteiger partial charge on any atom is 0.305 e. The number of amides is 1. The van der Waals surface area contributed by atoms with Crippen LogP contribution in [0.5, 0.6) is 0 Å². The third-order valence-corrected chi connectivity index (χ3v) is 15.5. The van der Waals surface area contributed by atoms with E-state index in [-0.39, 0.29) is 18.5 Å². The van der Waals surface area contributed by atoms with Crippen LogP contribution in [-0.4, -0.2) is 47.4 Å². The third-order valence-electron chi connectivity index (χ3n) is 15.5. The Kier molecular flexibility index (Phi) is 61.4. The molecule has 6 heteroatoms. The molecule has 0 radical (unpaired) electrons. The number of carbonyl (C=O) groups is 2. The second-order valence-electron chi connectivity index (χ2n) is 22.8. The van der Waals surface area contributed by atoms with Crippen LogP contribution in [0.4, 0.5) is 0 Å². The van der Waals surface area contributed by atoms with E-state index in [2.05, 4.69) is 43.5 Å². The van der Waals surface area contributed by atoms with Crippen molar-refractivity contribution in [1.29, 1.82) is 0 Å². The largest absolute Gasteiger partial charge is 0.466 e. The number of aliphatic hydroxyl groups is 2. The van der Waals surface area contributed by atoms with Gasteiger partial charge in [0.15, 0.2) is 0 Å². The predicted molar refractivity (Wildman–Crippen MR) is 320 cm³/mol. The summed E-state index contributed by atoms with van der Waals surface area (Å²) in [6.45, 7) is 4.95. The predicted octanol–water partition coefficient (Wildman–Crippen LogP) is 21.0. The van der Waals surface area contributed by atoms with Crippen LogP contribution in [0.2, 0.25) is 0 Å². The second-order valence-corrected chi connectivity index (χ2v) is 22.8. The van der Waals surface area contributed by atoms with Gasteiger partial charge in [-0.2, -0.15) is 0 Å². The van der Waals surface area contributed by atoms with Crippen LogP contribution in [0.15, 0.2) is 24.3 Å². The first-order chi connectivity index (χ1) is 36.0. The number of rotatable bonds is 62. The number of hydrogen-bond acceptors (Lipinski definition) is 5. The third kappa shape index (κ3) is 59.4. The average Bonchev–Trinajstić information content (AvgIpc) is 3.39. The Morgan fingerprint density at radius 1 is 0.384 bits per heavy atom. The van der Waals surface area contributed by atoms with Crippen LogP contribution in [0.3, 0.4) is 0 Å². The lowest BCUT2D eigenvalue weighted by Gasteiger charge is -2.22. The smallest absolute Gasteiger partial charge is 0.305 e. The summed E-state index contributed by atoms with van der Waals surface area (Å²) in [5, 5.41) is 23.4. The Labute approximate surface area is 456 Å². The zero-order valence-corrected chi connectivity index (χ0v) is 49.4. The lowest BCUT2D eigenvalue weighted by Crippen LogP contribution is -2.45. The number of aliphatic hydroxyl groups excluding tert-OH is 2. The molecular formula is C67H129NO5. The first-order valence-corrected chi connectivity index (χ1v) is 33.1. The molecule has 0 fully saturated rings. The van der Waals surface area contributed by atoms with Crippen LogP contribution < -0.4 is 5.32 Å². The van der Waals surface area contributed by atoms with Gasteiger partial charge in [0.05, 0.1) is 25.4 Å². The van der Waals surface area contributed by atoms with Crippen molar-refractivity contribution in [2.75, 3.05) is 13.2 Å². The summed E-state index contributed by atoms with van der Waals surface area (Å²) in [4.78, 5) is 24.6. The van der Waals surface area contributed by atoms with Crippen molar-refractivity contribution in [1.82, 2.24) is 5.32 Å². The Morgan fingerprint density at radius 2 is 0.685 bits per heavy atom. The zero-order chi connectivity index (χ0) is 52.9. The molecule has 1 amide bonds. The molecule has 0 aliphatic heterocycles. The minimum atomic E-state index is -0.669. The summed E-state index contributed by atoms with van der Waals surface area (Å²) in [5.74, 6) is -0.0405. The van der Waals surface area contributed by atoms with Crippen molar-refractivity contribution in [3.8, 4) is 0 Å². The number of allylic oxidation sites excluding steroid dienone is 4. The molecule has 0 saturated carbocycles. The van der Waals surface area contributed by atoms with E-state index >= 15 is 0 Å². The monoisotopic (exact) mass is 1030 g/mol. The van der Waals surface area contributed by atoms with E-state index in [1.807, 2.05) is 0 Å². The van der Waals surface area contributed by atoms with Crippen LogP contribution in [0.25, 0.3) is 0 Å². The normalized spacial score (nSPS) is 12.7. The second kappa shape index (κ2) is 62.9. The van der Waals surface area contributed by atoms with E-state index in [0.29, 0.717) is 25.9 Å². The van der Waals surface area contributed by atoms with Gasteiger partial charge in [0.2, 0.25) is 5.91 Å². The minimum Gasteiger partial charge on any atom is -0.466 e. The van der Waals surface area contributed by atoms with Crippen molar-refractivity contribution < 1.29 is 24.5 Å². The molecular weight excluding hydrogens is 899 g/mol. The number of ether oxygens (including phenoxy) is 1. The Hall–Kier alpha value is -1.66. The number of esters is 1. The van der Waals surface area contributed by atoms with E-state index in [4.69, 9.17) is 4.74 Å². The number of carbonyl (C=O) groups excluding carboxylic acids is 2. The van der Waals surface area contributed by atoms with E-state index in [0.717, 1.165) is 51.4 Å². The fraction of sp³-hybridized carbons (Fsp3) is 0.910. The fourth-order valence-electron chi connectivity index (χ4n) is 10.4. The summed E-state index contributed by atoms with van der Waals surface area (Å²) < 4.78 is 5.48. The highest BCUT2D eigenvalue weighted by Gasteiger charge is 2.20. The SMILES string of the molecule is CCCCCC/C=C\C/C=C\CCCCCCCC(=O)OCCCCCCCCCCCCCCCCCCCCC(=O)NC(CO)C(O)CCCCCCCCCCCCCCCCCCCCCCCC. The number of hydrogen-bond donors (Lipinski definition) is 3. The molecule has 6 nitrogen and oxygen atoms in total. The molecule has 2 atom stereocenters. The molecule has 0 aromatic heterocycles. The van der Waals surface area contributed by atoms with Gasteiger partial charge < -0.3 is 20.3 Å². The van der Waals surface area contributed by atoms with Crippen LogP contribution in [0, 0.1) is 0 Å². The zero-order valence-electron chi connectivity index (χ0n) is 49.4. The molecule has 0 heterocycles. The topological polar surface area (TPSA) is 95.9 Å². The molecule has 3 N–H and O–H groups in total. The standard InChI is InChI=1S/C67H129NO5/c1-3-5-7-9-11-13-15-17-19-21-22-23-24-25-28-31-35-39-43-47-51-55-59-65(70)64(63-69)68-66(71)60-56-52-48-44-40-36-32-29-26-27-30-34-38-42-46-50-54-58-62-73-67(72)61-57-53-49-45-41-37-33-20-18-16-14-12-10-8-6-4-2/h14,16,20,33,64-65,69-70H,3-13,15,17-19,21-32,34-63H2,1-2H3,(H,68,71)/b16-14-,33-20-. The van der Waals surface area contributed by atoms with Crippen LogP contribution in [0.1, 0.15) is 367 Å². The Morgan fingerprint density at radius 3 is 1.05 bits per heavy atom. The van der Waals surface area contributed by atoms with Gasteiger partial charge >= 0.3 is 5.97 Å². The minimum absolute atomic E-state index is 0.00516. The highest BCUT2D eigenvalue weighted by Crippen LogP contribution is 2.18. The summed E-state index contributed by atoms with van der Waals surface area (Å²) in [5.41, 5.74) is 0. The summed E-state index contributed by atoms with van der Waals surface area (Å²) in [7, 11) is 0. The van der Waals surface area contributed by atoms with E-state index in [1.165, 1.54) is 283 Å². The van der Waals surface area contributed by atoms with Crippen molar-refractivity contribution in [3.63, 3.8) is 0 Å². The first-order valence-electron chi connectivity index (χ1n) is 33.1. The molecule has 0 bridgehead atoms. The van der Waals surface area contributed by atoms with Gasteiger partial charge in [-0.15, -0.1) is 0 Å². The van der Waals surface area contributed by atoms with Crippen LogP contribution >= 0.6 is 0 Å². The first kappa shape index (κ1) is 71.3. The van der Waals surface area contributed by atoms with Crippen molar-refractivity contribution in [3.05, 3.63) is 24.3 Å². The lowest BCUT2D eigenvalue weighted by molar-refractivity contribution is -0.143. The van der Waals surface area contributed by atoms with Gasteiger partial charge in [0.25, 0.3) is 0 Å². The Bertz CT molecular complexity index is 1140. The molecule has 432 valence electrons. The highest BCUT2D eigenvalue weighted by molar-refractivity contribution is 5.76. The molecule has 0 spiro atoms. The molecule has 0 aliphatic rings. The molecule has 0 aromatic rings. The van der Waals surface area contributed by atoms with Crippen molar-refractivity contribution in [2.24, 2.45) is 0 Å². The van der Waals surface area contributed by atoms with E-state index < -0.39 is 12.1 Å². The van der Waals surface area contributed by atoms with Gasteiger partial charge in [-0.25, -0.2) is 0 Å². The van der Waals surface area contributed by atoms with Crippen molar-refractivity contribution >= 4 is 11.9 Å². The highest BCUT2D eigenvalue weighted by atomic mass is 16.5. The fourth-order valence-corrected chi connectivity index (χ4v) is 10.4. The Balaban J connectivity index is 3.41. The molecule has 0 aromatic carbocycles. The summed E-state index contributed by atoms with van der Waals surface area (Å²) >= 11 is 0. The van der Waals surface area contributed by atoms with Gasteiger partial charge in [0.1, 0.15) is 0 Å². The average molecular weight is 1030 g/mol. The van der Waals surface area contributed by atoms with Crippen LogP contribution in [-0.2, 0) is 14.3 Å². The van der Waals surface area contributed by atoms with E-state index in [1.54, 1.807) is 0 Å². The van der Waals surface area contributed by atoms with Gasteiger partial charge in [-0.3, -0.25) is 9.59 Å². The maximum absolute atomic E-state index is 12.5. The molecule has 0 rings (SSSR count). The molecule has 0 aliphatic carbocycles. The number of nitrogens with one attached hydrogen (secondary N) is 1. The molecule has 2 unspecified atom stereocenters. The number of unbranched alkanes of at least 4 members (excludes halogenated alkanes) is 47. The lowest BCUT2D eigenvalue weighted by atomic mass is 10.0. The summed E-state index contributed by atoms with van der Waals surface area (Å²) in [6, 6.07) is -0.546. The summed E-state index contributed by atoms with van der Waals surface area (Å²) in [6.07, 6.45) is 77.6. The quantitative estimate of drug-likeness (QED) is 0.0320. The van der Waals surface area contributed by atoms with E-state index in [9.17, 15) is 19.8 Å². The maximum atomic E-state index is 12.5. The molecule has 73 heavy (non-hydrogen) atoms. The van der Waals surface area contributed by atoms with Gasteiger partial charge in [-0.1, -0.05) is 321 Å².